The third-order valence-electron chi connectivity index (χ3n) is 9.81. The maximum absolute atomic E-state index is 5.34. The normalized spacial score (nSPS) is 15.7. The van der Waals surface area contributed by atoms with Crippen molar-refractivity contribution in [2.24, 2.45) is 10.9 Å². The molecule has 0 N–H and O–H groups in total. The average molecular weight is 604 g/mol. The zero-order valence-electron chi connectivity index (χ0n) is 26.3. The van der Waals surface area contributed by atoms with Gasteiger partial charge >= 0.3 is 0 Å². The summed E-state index contributed by atoms with van der Waals surface area (Å²) >= 11 is 0. The minimum Gasteiger partial charge on any atom is -0.261 e. The molecule has 0 fully saturated rings. The molecule has 2 aliphatic rings. The Morgan fingerprint density at radius 1 is 0.596 bits per heavy atom. The molecule has 1 aliphatic heterocycles. The summed E-state index contributed by atoms with van der Waals surface area (Å²) in [4.78, 5) is 15.4. The Morgan fingerprint density at radius 2 is 1.23 bits per heavy atom. The maximum Gasteiger partial charge on any atom is 0.160 e. The smallest absolute Gasteiger partial charge is 0.160 e. The third kappa shape index (κ3) is 4.78. The minimum absolute atomic E-state index is 0.395. The number of aromatic nitrogens is 2. The van der Waals surface area contributed by atoms with Crippen molar-refractivity contribution >= 4 is 44.1 Å². The van der Waals surface area contributed by atoms with Gasteiger partial charge in [-0.1, -0.05) is 122 Å². The van der Waals surface area contributed by atoms with Gasteiger partial charge in [-0.2, -0.15) is 0 Å². The number of aliphatic imine (C=N–C) groups is 1. The number of rotatable bonds is 4. The van der Waals surface area contributed by atoms with Crippen molar-refractivity contribution in [2.75, 3.05) is 0 Å². The molecule has 0 spiro atoms. The summed E-state index contributed by atoms with van der Waals surface area (Å²) in [5.41, 5.74) is 10.1. The standard InChI is InChI=1S/C44H33N3/c1-28-11-10-24-45-43(28)29-20-22-30(23-21-29)44-46-41(39-25-31-12-2-4-14-33(31)35-16-6-8-18-37(35)39)27-42(47-44)40-26-32-13-3-5-15-34(32)36-17-7-9-19-38(36)40/h2-8,10,12-18,20-28H,9,11,19H2,1H3. The largest absolute Gasteiger partial charge is 0.261 e. The molecule has 1 aliphatic carbocycles. The molecule has 0 saturated carbocycles. The first-order valence-corrected chi connectivity index (χ1v) is 16.6. The zero-order chi connectivity index (χ0) is 31.3. The second-order valence-corrected chi connectivity index (χ2v) is 12.7. The molecule has 0 radical (unpaired) electrons. The van der Waals surface area contributed by atoms with Crippen LogP contribution in [0.25, 0.3) is 72.3 Å². The van der Waals surface area contributed by atoms with E-state index in [9.17, 15) is 0 Å². The van der Waals surface area contributed by atoms with E-state index in [2.05, 4.69) is 140 Å². The third-order valence-corrected chi connectivity index (χ3v) is 9.81. The van der Waals surface area contributed by atoms with E-state index in [0.717, 1.165) is 58.9 Å². The summed E-state index contributed by atoms with van der Waals surface area (Å²) in [6.07, 6.45) is 11.7. The Kier molecular flexibility index (Phi) is 6.64. The highest BCUT2D eigenvalue weighted by Gasteiger charge is 2.20. The van der Waals surface area contributed by atoms with Gasteiger partial charge in [-0.15, -0.1) is 0 Å². The molecule has 2 heterocycles. The molecule has 0 amide bonds. The van der Waals surface area contributed by atoms with Gasteiger partial charge in [-0.3, -0.25) is 4.99 Å². The van der Waals surface area contributed by atoms with E-state index in [4.69, 9.17) is 15.0 Å². The van der Waals surface area contributed by atoms with Crippen molar-refractivity contribution in [2.45, 2.75) is 26.2 Å². The highest BCUT2D eigenvalue weighted by Crippen LogP contribution is 2.40. The van der Waals surface area contributed by atoms with Crippen LogP contribution in [0.1, 0.15) is 36.5 Å². The minimum atomic E-state index is 0.395. The summed E-state index contributed by atoms with van der Waals surface area (Å²) in [5, 5.41) is 7.40. The maximum atomic E-state index is 5.34. The molecule has 1 unspecified atom stereocenters. The first kappa shape index (κ1) is 27.6. The van der Waals surface area contributed by atoms with Crippen molar-refractivity contribution < 1.29 is 0 Å². The summed E-state index contributed by atoms with van der Waals surface area (Å²) in [7, 11) is 0. The van der Waals surface area contributed by atoms with Gasteiger partial charge in [0.15, 0.2) is 5.82 Å². The number of benzene rings is 6. The predicted molar refractivity (Wildman–Crippen MR) is 198 cm³/mol. The van der Waals surface area contributed by atoms with E-state index in [1.165, 1.54) is 49.0 Å². The van der Waals surface area contributed by atoms with Crippen molar-refractivity contribution in [3.63, 3.8) is 0 Å². The molecular formula is C44H33N3. The molecule has 1 atom stereocenters. The lowest BCUT2D eigenvalue weighted by atomic mass is 9.86. The van der Waals surface area contributed by atoms with Gasteiger partial charge in [-0.05, 0) is 86.5 Å². The second kappa shape index (κ2) is 11.3. The molecular weight excluding hydrogens is 571 g/mol. The zero-order valence-corrected chi connectivity index (χ0v) is 26.3. The molecule has 7 aromatic rings. The van der Waals surface area contributed by atoms with Crippen LogP contribution in [0.3, 0.4) is 0 Å². The van der Waals surface area contributed by atoms with E-state index < -0.39 is 0 Å². The SMILES string of the molecule is CC1CC=CN=C1c1ccc(-c2nc(-c3cc4ccccc4c4c3CCC=C4)cc(-c3cc4ccccc4c4ccccc34)n2)cc1. The molecule has 47 heavy (non-hydrogen) atoms. The first-order valence-electron chi connectivity index (χ1n) is 16.6. The van der Waals surface area contributed by atoms with Gasteiger partial charge in [0.25, 0.3) is 0 Å². The Hall–Kier alpha value is -5.67. The van der Waals surface area contributed by atoms with Crippen molar-refractivity contribution in [1.29, 1.82) is 0 Å². The van der Waals surface area contributed by atoms with Crippen LogP contribution in [0.4, 0.5) is 0 Å². The fourth-order valence-corrected chi connectivity index (χ4v) is 7.44. The van der Waals surface area contributed by atoms with Crippen LogP contribution in [-0.4, -0.2) is 15.7 Å². The van der Waals surface area contributed by atoms with Crippen LogP contribution in [0, 0.1) is 5.92 Å². The lowest BCUT2D eigenvalue weighted by Crippen LogP contribution is -2.13. The summed E-state index contributed by atoms with van der Waals surface area (Å²) < 4.78 is 0. The molecule has 0 bridgehead atoms. The van der Waals surface area contributed by atoms with Crippen LogP contribution in [0.5, 0.6) is 0 Å². The molecule has 224 valence electrons. The number of allylic oxidation sites excluding steroid dienone is 2. The highest BCUT2D eigenvalue weighted by atomic mass is 14.9. The molecule has 9 rings (SSSR count). The van der Waals surface area contributed by atoms with Crippen molar-refractivity contribution in [3.8, 4) is 33.9 Å². The second-order valence-electron chi connectivity index (χ2n) is 12.7. The van der Waals surface area contributed by atoms with Crippen LogP contribution < -0.4 is 0 Å². The van der Waals surface area contributed by atoms with E-state index in [0.29, 0.717) is 5.92 Å². The Balaban J connectivity index is 1.29. The quantitative estimate of drug-likeness (QED) is 0.188. The van der Waals surface area contributed by atoms with Gasteiger partial charge in [0, 0.05) is 28.8 Å². The predicted octanol–water partition coefficient (Wildman–Crippen LogP) is 11.2. The van der Waals surface area contributed by atoms with Gasteiger partial charge in [0.05, 0.1) is 17.1 Å². The molecule has 1 aromatic heterocycles. The van der Waals surface area contributed by atoms with Crippen LogP contribution >= 0.6 is 0 Å². The van der Waals surface area contributed by atoms with Gasteiger partial charge in [0.2, 0.25) is 0 Å². The van der Waals surface area contributed by atoms with Gasteiger partial charge < -0.3 is 0 Å². The topological polar surface area (TPSA) is 38.1 Å². The lowest BCUT2D eigenvalue weighted by molar-refractivity contribution is 0.778. The van der Waals surface area contributed by atoms with E-state index in [1.807, 2.05) is 6.20 Å². The van der Waals surface area contributed by atoms with Gasteiger partial charge in [-0.25, -0.2) is 9.97 Å². The fourth-order valence-electron chi connectivity index (χ4n) is 7.44. The first-order chi connectivity index (χ1) is 23.2. The van der Waals surface area contributed by atoms with Crippen LogP contribution in [0.2, 0.25) is 0 Å². The molecule has 6 aromatic carbocycles. The number of nitrogens with zero attached hydrogens (tertiary/aromatic N) is 3. The summed E-state index contributed by atoms with van der Waals surface area (Å²) in [6.45, 7) is 2.24. The Labute approximate surface area is 274 Å². The van der Waals surface area contributed by atoms with E-state index in [1.54, 1.807) is 0 Å². The Bertz CT molecular complexity index is 2450. The number of fused-ring (bicyclic) bond motifs is 6. The molecule has 0 saturated heterocycles. The van der Waals surface area contributed by atoms with E-state index in [-0.39, 0.29) is 0 Å². The van der Waals surface area contributed by atoms with Crippen molar-refractivity contribution in [3.05, 3.63) is 150 Å². The molecule has 3 heteroatoms. The monoisotopic (exact) mass is 603 g/mol. The summed E-state index contributed by atoms with van der Waals surface area (Å²) in [5.74, 6) is 1.12. The molecule has 3 nitrogen and oxygen atoms in total. The Morgan fingerprint density at radius 3 is 2.02 bits per heavy atom. The fraction of sp³-hybridized carbons (Fsp3) is 0.114. The lowest BCUT2D eigenvalue weighted by Gasteiger charge is -2.20. The average Bonchev–Trinajstić information content (AvgIpc) is 3.14. The summed E-state index contributed by atoms with van der Waals surface area (Å²) in [6, 6.07) is 41.5. The van der Waals surface area contributed by atoms with Gasteiger partial charge in [0.1, 0.15) is 0 Å². The van der Waals surface area contributed by atoms with Crippen LogP contribution in [0.15, 0.2) is 139 Å². The number of hydrogen-bond donors (Lipinski definition) is 0. The van der Waals surface area contributed by atoms with E-state index >= 15 is 0 Å². The number of hydrogen-bond acceptors (Lipinski definition) is 3. The highest BCUT2D eigenvalue weighted by molar-refractivity contribution is 6.13. The van der Waals surface area contributed by atoms with Crippen LogP contribution in [-0.2, 0) is 6.42 Å². The van der Waals surface area contributed by atoms with Crippen molar-refractivity contribution in [1.82, 2.24) is 9.97 Å².